The summed E-state index contributed by atoms with van der Waals surface area (Å²) in [7, 11) is 0. The van der Waals surface area contributed by atoms with Crippen molar-refractivity contribution in [3.63, 3.8) is 0 Å². The molecular weight excluding hydrogens is 447 g/mol. The first-order valence-corrected chi connectivity index (χ1v) is 11.9. The van der Waals surface area contributed by atoms with E-state index in [-0.39, 0.29) is 31.0 Å². The highest BCUT2D eigenvalue weighted by Gasteiger charge is 2.31. The summed E-state index contributed by atoms with van der Waals surface area (Å²) < 4.78 is 5.68. The summed E-state index contributed by atoms with van der Waals surface area (Å²) in [5.41, 5.74) is 0.730. The maximum absolute atomic E-state index is 13.2. The van der Waals surface area contributed by atoms with Gasteiger partial charge in [0.05, 0.1) is 0 Å². The maximum atomic E-state index is 13.2. The molecule has 0 aliphatic heterocycles. The summed E-state index contributed by atoms with van der Waals surface area (Å²) >= 11 is 12.4. The molecule has 0 saturated heterocycles. The predicted molar refractivity (Wildman–Crippen MR) is 128 cm³/mol. The third kappa shape index (κ3) is 6.88. The van der Waals surface area contributed by atoms with Crippen LogP contribution in [0.15, 0.2) is 48.5 Å². The number of halogens is 2. The third-order valence-electron chi connectivity index (χ3n) is 5.80. The molecular formula is C25H30Cl2N2O3. The van der Waals surface area contributed by atoms with Crippen LogP contribution in [-0.4, -0.2) is 35.4 Å². The van der Waals surface area contributed by atoms with Gasteiger partial charge in [0.15, 0.2) is 6.61 Å². The number of carbonyl (C=O) groups is 2. The smallest absolute Gasteiger partial charge is 0.261 e. The molecule has 1 aliphatic rings. The molecule has 1 saturated carbocycles. The molecule has 1 aliphatic carbocycles. The largest absolute Gasteiger partial charge is 0.484 e. The Labute approximate surface area is 200 Å². The van der Waals surface area contributed by atoms with Gasteiger partial charge in [0, 0.05) is 22.6 Å². The standard InChI is InChI=1S/C25H30Cl2N2O3/c1-2-23(25(31)28-20-9-5-3-6-10-20)29(16-18-13-14-19(26)15-22(18)27)24(30)17-32-21-11-7-4-8-12-21/h4,7-8,11-15,20,23H,2-3,5-6,9-10,16-17H2,1H3,(H,28,31)/t23-/m0/s1. The van der Waals surface area contributed by atoms with E-state index < -0.39 is 6.04 Å². The van der Waals surface area contributed by atoms with Crippen LogP contribution in [0.3, 0.4) is 0 Å². The highest BCUT2D eigenvalue weighted by Crippen LogP contribution is 2.24. The molecule has 0 aromatic heterocycles. The average Bonchev–Trinajstić information content (AvgIpc) is 2.80. The van der Waals surface area contributed by atoms with Gasteiger partial charge in [-0.15, -0.1) is 0 Å². The van der Waals surface area contributed by atoms with Crippen molar-refractivity contribution in [3.05, 3.63) is 64.1 Å². The number of hydrogen-bond acceptors (Lipinski definition) is 3. The minimum Gasteiger partial charge on any atom is -0.484 e. The van der Waals surface area contributed by atoms with Gasteiger partial charge in [-0.05, 0) is 49.1 Å². The Morgan fingerprint density at radius 3 is 2.47 bits per heavy atom. The van der Waals surface area contributed by atoms with Crippen molar-refractivity contribution >= 4 is 35.0 Å². The lowest BCUT2D eigenvalue weighted by molar-refractivity contribution is -0.143. The summed E-state index contributed by atoms with van der Waals surface area (Å²) in [4.78, 5) is 28.0. The Bertz CT molecular complexity index is 901. The van der Waals surface area contributed by atoms with Crippen molar-refractivity contribution in [1.29, 1.82) is 0 Å². The molecule has 0 unspecified atom stereocenters. The molecule has 172 valence electrons. The number of rotatable bonds is 9. The molecule has 7 heteroatoms. The predicted octanol–water partition coefficient (Wildman–Crippen LogP) is 5.63. The number of amides is 2. The Morgan fingerprint density at radius 2 is 1.81 bits per heavy atom. The lowest BCUT2D eigenvalue weighted by atomic mass is 9.95. The molecule has 2 aromatic carbocycles. The average molecular weight is 477 g/mol. The fourth-order valence-corrected chi connectivity index (χ4v) is 4.51. The van der Waals surface area contributed by atoms with Crippen LogP contribution in [0, 0.1) is 0 Å². The van der Waals surface area contributed by atoms with Crippen molar-refractivity contribution in [2.45, 2.75) is 64.1 Å². The second kappa shape index (κ2) is 12.1. The van der Waals surface area contributed by atoms with Gasteiger partial charge in [0.25, 0.3) is 5.91 Å². The van der Waals surface area contributed by atoms with E-state index in [1.54, 1.807) is 35.2 Å². The monoisotopic (exact) mass is 476 g/mol. The molecule has 2 aromatic rings. The minimum atomic E-state index is -0.615. The normalized spacial score (nSPS) is 15.1. The lowest BCUT2D eigenvalue weighted by Gasteiger charge is -2.33. The van der Waals surface area contributed by atoms with Crippen LogP contribution < -0.4 is 10.1 Å². The van der Waals surface area contributed by atoms with E-state index >= 15 is 0 Å². The molecule has 0 heterocycles. The lowest BCUT2D eigenvalue weighted by Crippen LogP contribution is -2.52. The summed E-state index contributed by atoms with van der Waals surface area (Å²) in [5, 5.41) is 4.14. The van der Waals surface area contributed by atoms with Crippen molar-refractivity contribution in [2.75, 3.05) is 6.61 Å². The Hall–Kier alpha value is -2.24. The molecule has 1 N–H and O–H groups in total. The number of nitrogens with one attached hydrogen (secondary N) is 1. The quantitative estimate of drug-likeness (QED) is 0.510. The molecule has 2 amide bonds. The van der Waals surface area contributed by atoms with Crippen LogP contribution in [-0.2, 0) is 16.1 Å². The molecule has 3 rings (SSSR count). The Balaban J connectivity index is 1.78. The first kappa shape index (κ1) is 24.4. The maximum Gasteiger partial charge on any atom is 0.261 e. The zero-order valence-electron chi connectivity index (χ0n) is 18.4. The number of para-hydroxylation sites is 1. The van der Waals surface area contributed by atoms with Gasteiger partial charge in [-0.3, -0.25) is 9.59 Å². The third-order valence-corrected chi connectivity index (χ3v) is 6.39. The highest BCUT2D eigenvalue weighted by molar-refractivity contribution is 6.35. The zero-order valence-corrected chi connectivity index (χ0v) is 19.9. The molecule has 1 atom stereocenters. The number of ether oxygens (including phenoxy) is 1. The number of nitrogens with zero attached hydrogens (tertiary/aromatic N) is 1. The van der Waals surface area contributed by atoms with Crippen molar-refractivity contribution in [2.24, 2.45) is 0 Å². The SMILES string of the molecule is CC[C@@H](C(=O)NC1CCCCC1)N(Cc1ccc(Cl)cc1Cl)C(=O)COc1ccccc1. The van der Waals surface area contributed by atoms with Crippen LogP contribution in [0.5, 0.6) is 5.75 Å². The van der Waals surface area contributed by atoms with Gasteiger partial charge in [0.2, 0.25) is 5.91 Å². The summed E-state index contributed by atoms with van der Waals surface area (Å²) in [6, 6.07) is 13.9. The molecule has 0 bridgehead atoms. The van der Waals surface area contributed by atoms with E-state index in [0.717, 1.165) is 31.2 Å². The van der Waals surface area contributed by atoms with Crippen molar-refractivity contribution < 1.29 is 14.3 Å². The van der Waals surface area contributed by atoms with Crippen LogP contribution in [0.4, 0.5) is 0 Å². The van der Waals surface area contributed by atoms with Gasteiger partial charge in [-0.2, -0.15) is 0 Å². The van der Waals surface area contributed by atoms with Crippen LogP contribution >= 0.6 is 23.2 Å². The number of carbonyl (C=O) groups excluding carboxylic acids is 2. The van der Waals surface area contributed by atoms with Gasteiger partial charge in [0.1, 0.15) is 11.8 Å². The second-order valence-corrected chi connectivity index (χ2v) is 8.97. The van der Waals surface area contributed by atoms with E-state index in [9.17, 15) is 9.59 Å². The van der Waals surface area contributed by atoms with E-state index in [1.165, 1.54) is 6.42 Å². The molecule has 0 spiro atoms. The van der Waals surface area contributed by atoms with E-state index in [4.69, 9.17) is 27.9 Å². The van der Waals surface area contributed by atoms with Crippen molar-refractivity contribution in [3.8, 4) is 5.75 Å². The van der Waals surface area contributed by atoms with Gasteiger partial charge < -0.3 is 15.0 Å². The fraction of sp³-hybridized carbons (Fsp3) is 0.440. The highest BCUT2D eigenvalue weighted by atomic mass is 35.5. The molecule has 5 nitrogen and oxygen atoms in total. The van der Waals surface area contributed by atoms with Crippen molar-refractivity contribution in [1.82, 2.24) is 10.2 Å². The van der Waals surface area contributed by atoms with Gasteiger partial charge >= 0.3 is 0 Å². The summed E-state index contributed by atoms with van der Waals surface area (Å²) in [6.45, 7) is 1.94. The van der Waals surface area contributed by atoms with Gasteiger partial charge in [-0.25, -0.2) is 0 Å². The van der Waals surface area contributed by atoms with E-state index in [2.05, 4.69) is 5.32 Å². The summed E-state index contributed by atoms with van der Waals surface area (Å²) in [6.07, 6.45) is 5.90. The van der Waals surface area contributed by atoms with E-state index in [0.29, 0.717) is 22.2 Å². The van der Waals surface area contributed by atoms with Crippen LogP contribution in [0.2, 0.25) is 10.0 Å². The Kier molecular flexibility index (Phi) is 9.24. The minimum absolute atomic E-state index is 0.127. The van der Waals surface area contributed by atoms with E-state index in [1.807, 2.05) is 25.1 Å². The zero-order chi connectivity index (χ0) is 22.9. The molecule has 32 heavy (non-hydrogen) atoms. The second-order valence-electron chi connectivity index (χ2n) is 8.13. The van der Waals surface area contributed by atoms with Gasteiger partial charge in [-0.1, -0.05) is 73.7 Å². The summed E-state index contributed by atoms with van der Waals surface area (Å²) in [5.74, 6) is 0.202. The Morgan fingerprint density at radius 1 is 1.09 bits per heavy atom. The number of hydrogen-bond donors (Lipinski definition) is 1. The first-order valence-electron chi connectivity index (χ1n) is 11.2. The van der Waals surface area contributed by atoms with Crippen LogP contribution in [0.1, 0.15) is 51.0 Å². The number of benzene rings is 2. The molecule has 1 fully saturated rings. The van der Waals surface area contributed by atoms with Crippen LogP contribution in [0.25, 0.3) is 0 Å². The molecule has 0 radical (unpaired) electrons. The fourth-order valence-electron chi connectivity index (χ4n) is 4.04. The first-order chi connectivity index (χ1) is 15.5. The topological polar surface area (TPSA) is 58.6 Å².